The zero-order valence-corrected chi connectivity index (χ0v) is 22.2. The Kier molecular flexibility index (Phi) is 8.98. The standard InChI is InChI=1S/C28H28ClN3O4S/c1-3-36-21-11-8-19(9-12-21)28(34)30-14-15-32-17-26(22-6-4-5-7-24(22)32)37-18-27(33)31-23-16-20(29)10-13-25(23)35-2/h4-13,16-17H,3,14-15,18H2,1-2H3,(H,30,34)(H,31,33). The lowest BCUT2D eigenvalue weighted by Crippen LogP contribution is -2.27. The van der Waals surface area contributed by atoms with Gasteiger partial charge in [0.1, 0.15) is 11.5 Å². The van der Waals surface area contributed by atoms with Crippen LogP contribution in [0.4, 0.5) is 5.69 Å². The second kappa shape index (κ2) is 12.6. The van der Waals surface area contributed by atoms with E-state index in [1.165, 1.54) is 11.8 Å². The van der Waals surface area contributed by atoms with Crippen molar-refractivity contribution in [3.05, 3.63) is 83.5 Å². The quantitative estimate of drug-likeness (QED) is 0.234. The Bertz CT molecular complexity index is 1390. The molecule has 4 rings (SSSR count). The highest BCUT2D eigenvalue weighted by Gasteiger charge is 2.13. The molecular weight excluding hydrogens is 510 g/mol. The summed E-state index contributed by atoms with van der Waals surface area (Å²) in [5, 5.41) is 7.41. The van der Waals surface area contributed by atoms with E-state index in [0.717, 1.165) is 21.5 Å². The number of nitrogens with one attached hydrogen (secondary N) is 2. The summed E-state index contributed by atoms with van der Waals surface area (Å²) in [4.78, 5) is 26.2. The van der Waals surface area contributed by atoms with Crippen molar-refractivity contribution in [3.63, 3.8) is 0 Å². The Labute approximate surface area is 225 Å². The lowest BCUT2D eigenvalue weighted by Gasteiger charge is -2.10. The van der Waals surface area contributed by atoms with E-state index in [4.69, 9.17) is 21.1 Å². The summed E-state index contributed by atoms with van der Waals surface area (Å²) in [6.07, 6.45) is 2.02. The number of methoxy groups -OCH3 is 1. The van der Waals surface area contributed by atoms with Gasteiger partial charge in [0.25, 0.3) is 5.91 Å². The molecule has 1 aromatic heterocycles. The van der Waals surface area contributed by atoms with Crippen LogP contribution in [0.15, 0.2) is 77.8 Å². The van der Waals surface area contributed by atoms with Gasteiger partial charge in [0.05, 0.1) is 25.2 Å². The summed E-state index contributed by atoms with van der Waals surface area (Å²) in [5.41, 5.74) is 2.16. The van der Waals surface area contributed by atoms with Gasteiger partial charge >= 0.3 is 0 Å². The summed E-state index contributed by atoms with van der Waals surface area (Å²) < 4.78 is 12.8. The Hall–Kier alpha value is -3.62. The van der Waals surface area contributed by atoms with Crippen LogP contribution in [0.25, 0.3) is 10.9 Å². The summed E-state index contributed by atoms with van der Waals surface area (Å²) in [6, 6.07) is 20.2. The molecule has 0 spiro atoms. The number of rotatable bonds is 11. The summed E-state index contributed by atoms with van der Waals surface area (Å²) in [6.45, 7) is 3.56. The van der Waals surface area contributed by atoms with Crippen molar-refractivity contribution in [1.29, 1.82) is 0 Å². The summed E-state index contributed by atoms with van der Waals surface area (Å²) in [5.74, 6) is 1.21. The fourth-order valence-electron chi connectivity index (χ4n) is 3.88. The molecule has 2 amide bonds. The number of ether oxygens (including phenoxy) is 2. The minimum Gasteiger partial charge on any atom is -0.495 e. The number of para-hydroxylation sites is 1. The van der Waals surface area contributed by atoms with Gasteiger partial charge in [-0.2, -0.15) is 0 Å². The molecule has 0 bridgehead atoms. The van der Waals surface area contributed by atoms with Gasteiger partial charge in [-0.3, -0.25) is 9.59 Å². The number of carbonyl (C=O) groups is 2. The minimum absolute atomic E-state index is 0.137. The first kappa shape index (κ1) is 26.4. The minimum atomic E-state index is -0.162. The maximum Gasteiger partial charge on any atom is 0.251 e. The van der Waals surface area contributed by atoms with Crippen LogP contribution in [-0.4, -0.2) is 42.4 Å². The highest BCUT2D eigenvalue weighted by Crippen LogP contribution is 2.31. The van der Waals surface area contributed by atoms with Crippen molar-refractivity contribution in [2.75, 3.05) is 31.3 Å². The topological polar surface area (TPSA) is 81.6 Å². The van der Waals surface area contributed by atoms with Gasteiger partial charge < -0.3 is 24.7 Å². The predicted molar refractivity (Wildman–Crippen MR) is 149 cm³/mol. The van der Waals surface area contributed by atoms with E-state index in [2.05, 4.69) is 15.2 Å². The van der Waals surface area contributed by atoms with E-state index in [0.29, 0.717) is 41.7 Å². The maximum atomic E-state index is 12.7. The van der Waals surface area contributed by atoms with Gasteiger partial charge in [0, 0.05) is 45.7 Å². The van der Waals surface area contributed by atoms with Gasteiger partial charge in [-0.25, -0.2) is 0 Å². The van der Waals surface area contributed by atoms with Crippen LogP contribution in [0.2, 0.25) is 5.02 Å². The second-order valence-electron chi connectivity index (χ2n) is 8.10. The van der Waals surface area contributed by atoms with Crippen LogP contribution in [-0.2, 0) is 11.3 Å². The highest BCUT2D eigenvalue weighted by atomic mass is 35.5. The molecule has 4 aromatic rings. The first-order chi connectivity index (χ1) is 18.0. The molecule has 0 atom stereocenters. The van der Waals surface area contributed by atoms with E-state index >= 15 is 0 Å². The lowest BCUT2D eigenvalue weighted by atomic mass is 10.2. The molecule has 7 nitrogen and oxygen atoms in total. The van der Waals surface area contributed by atoms with Gasteiger partial charge in [0.2, 0.25) is 5.91 Å². The number of halogens is 1. The number of anilines is 1. The molecule has 0 aliphatic heterocycles. The SMILES string of the molecule is CCOc1ccc(C(=O)NCCn2cc(SCC(=O)Nc3cc(Cl)ccc3OC)c3ccccc32)cc1. The molecule has 0 saturated carbocycles. The molecule has 0 saturated heterocycles. The third-order valence-electron chi connectivity index (χ3n) is 5.61. The Morgan fingerprint density at radius 2 is 1.84 bits per heavy atom. The first-order valence-electron chi connectivity index (χ1n) is 11.8. The van der Waals surface area contributed by atoms with Gasteiger partial charge in [-0.15, -0.1) is 11.8 Å². The number of nitrogens with zero attached hydrogens (tertiary/aromatic N) is 1. The van der Waals surface area contributed by atoms with E-state index in [9.17, 15) is 9.59 Å². The number of amides is 2. The van der Waals surface area contributed by atoms with Crippen LogP contribution in [0.3, 0.4) is 0 Å². The van der Waals surface area contributed by atoms with Gasteiger partial charge in [-0.1, -0.05) is 29.8 Å². The van der Waals surface area contributed by atoms with Crippen molar-refractivity contribution in [2.24, 2.45) is 0 Å². The summed E-state index contributed by atoms with van der Waals surface area (Å²) >= 11 is 7.52. The fraction of sp³-hybridized carbons (Fsp3) is 0.214. The molecule has 37 heavy (non-hydrogen) atoms. The van der Waals surface area contributed by atoms with Crippen LogP contribution in [0.5, 0.6) is 11.5 Å². The predicted octanol–water partition coefficient (Wildman–Crippen LogP) is 5.86. The van der Waals surface area contributed by atoms with Crippen molar-refractivity contribution in [1.82, 2.24) is 9.88 Å². The number of fused-ring (bicyclic) bond motifs is 1. The van der Waals surface area contributed by atoms with Crippen molar-refractivity contribution < 1.29 is 19.1 Å². The number of aromatic nitrogens is 1. The first-order valence-corrected chi connectivity index (χ1v) is 13.2. The number of hydrogen-bond acceptors (Lipinski definition) is 5. The number of thioether (sulfide) groups is 1. The normalized spacial score (nSPS) is 10.8. The Morgan fingerprint density at radius 3 is 2.59 bits per heavy atom. The number of benzene rings is 3. The molecular formula is C28H28ClN3O4S. The van der Waals surface area contributed by atoms with Crippen molar-refractivity contribution >= 4 is 51.8 Å². The molecule has 0 radical (unpaired) electrons. The van der Waals surface area contributed by atoms with Crippen LogP contribution in [0, 0.1) is 0 Å². The monoisotopic (exact) mass is 537 g/mol. The Balaban J connectivity index is 1.37. The zero-order chi connectivity index (χ0) is 26.2. The summed E-state index contributed by atoms with van der Waals surface area (Å²) in [7, 11) is 1.54. The van der Waals surface area contributed by atoms with Gasteiger partial charge in [0.15, 0.2) is 0 Å². The third-order valence-corrected chi connectivity index (χ3v) is 6.89. The van der Waals surface area contributed by atoms with E-state index in [1.807, 2.05) is 37.4 Å². The molecule has 0 unspecified atom stereocenters. The number of carbonyl (C=O) groups excluding carboxylic acids is 2. The zero-order valence-electron chi connectivity index (χ0n) is 20.6. The van der Waals surface area contributed by atoms with Crippen molar-refractivity contribution in [3.8, 4) is 11.5 Å². The number of hydrogen-bond donors (Lipinski definition) is 2. The molecule has 0 fully saturated rings. The second-order valence-corrected chi connectivity index (χ2v) is 9.55. The van der Waals surface area contributed by atoms with E-state index < -0.39 is 0 Å². The molecule has 1 heterocycles. The average molecular weight is 538 g/mol. The van der Waals surface area contributed by atoms with E-state index in [1.54, 1.807) is 49.6 Å². The van der Waals surface area contributed by atoms with Crippen LogP contribution >= 0.6 is 23.4 Å². The van der Waals surface area contributed by atoms with E-state index in [-0.39, 0.29) is 17.6 Å². The lowest BCUT2D eigenvalue weighted by molar-refractivity contribution is -0.113. The molecule has 3 aromatic carbocycles. The van der Waals surface area contributed by atoms with Crippen molar-refractivity contribution in [2.45, 2.75) is 18.4 Å². The molecule has 2 N–H and O–H groups in total. The van der Waals surface area contributed by atoms with Gasteiger partial charge in [-0.05, 0) is 55.5 Å². The average Bonchev–Trinajstić information content (AvgIpc) is 3.26. The molecule has 0 aliphatic carbocycles. The molecule has 0 aliphatic rings. The molecule has 9 heteroatoms. The molecule has 192 valence electrons. The van der Waals surface area contributed by atoms with Crippen LogP contribution < -0.4 is 20.1 Å². The maximum absolute atomic E-state index is 12.7. The third kappa shape index (κ3) is 6.78. The fourth-order valence-corrected chi connectivity index (χ4v) is 4.94. The highest BCUT2D eigenvalue weighted by molar-refractivity contribution is 8.00. The Morgan fingerprint density at radius 1 is 1.05 bits per heavy atom. The van der Waals surface area contributed by atoms with Crippen LogP contribution in [0.1, 0.15) is 17.3 Å². The smallest absolute Gasteiger partial charge is 0.251 e. The largest absolute Gasteiger partial charge is 0.495 e.